The van der Waals surface area contributed by atoms with Crippen LogP contribution in [0.15, 0.2) is 52.6 Å². The number of rotatable bonds is 2. The van der Waals surface area contributed by atoms with Crippen LogP contribution in [0.4, 0.5) is 5.82 Å². The smallest absolute Gasteiger partial charge is 0.270 e. The zero-order valence-electron chi connectivity index (χ0n) is 7.79. The highest BCUT2D eigenvalue weighted by Crippen LogP contribution is 2.26. The van der Waals surface area contributed by atoms with Crippen LogP contribution in [0.5, 0.6) is 0 Å². The molecule has 0 unspecified atom stereocenters. The Hall–Kier alpha value is -1.86. The van der Waals surface area contributed by atoms with Crippen molar-refractivity contribution in [3.8, 4) is 0 Å². The van der Waals surface area contributed by atoms with Crippen molar-refractivity contribution in [1.29, 1.82) is 0 Å². The molecule has 2 heterocycles. The molecule has 0 amide bonds. The quantitative estimate of drug-likeness (QED) is 0.718. The van der Waals surface area contributed by atoms with E-state index in [4.69, 9.17) is 6.57 Å². The molecule has 0 aliphatic carbocycles. The van der Waals surface area contributed by atoms with Gasteiger partial charge in [-0.3, -0.25) is 4.98 Å². The summed E-state index contributed by atoms with van der Waals surface area (Å²) in [5.74, 6) is 0.425. The summed E-state index contributed by atoms with van der Waals surface area (Å²) in [7, 11) is 0. The fourth-order valence-corrected chi connectivity index (χ4v) is 1.84. The second-order valence-corrected chi connectivity index (χ2v) is 3.82. The summed E-state index contributed by atoms with van der Waals surface area (Å²) in [6.45, 7) is 6.86. The van der Waals surface area contributed by atoms with Crippen LogP contribution in [0.2, 0.25) is 0 Å². The topological polar surface area (TPSA) is 30.1 Å². The van der Waals surface area contributed by atoms with Crippen molar-refractivity contribution in [3.63, 3.8) is 0 Å². The minimum Gasteiger partial charge on any atom is -0.361 e. The molecule has 15 heavy (non-hydrogen) atoms. The maximum Gasteiger partial charge on any atom is 0.270 e. The molecule has 72 valence electrons. The van der Waals surface area contributed by atoms with Crippen LogP contribution in [0, 0.1) is 6.57 Å². The third-order valence-electron chi connectivity index (χ3n) is 1.70. The molecule has 0 spiro atoms. The van der Waals surface area contributed by atoms with Gasteiger partial charge in [-0.05, 0) is 36.0 Å². The van der Waals surface area contributed by atoms with Crippen LogP contribution in [0.3, 0.4) is 0 Å². The summed E-state index contributed by atoms with van der Waals surface area (Å²) in [6, 6.07) is 9.25. The molecule has 2 aromatic heterocycles. The van der Waals surface area contributed by atoms with Gasteiger partial charge in [-0.1, -0.05) is 12.6 Å². The molecule has 0 radical (unpaired) electrons. The Bertz CT molecular complexity index is 491. The van der Waals surface area contributed by atoms with Crippen molar-refractivity contribution >= 4 is 17.6 Å². The highest BCUT2D eigenvalue weighted by atomic mass is 32.2. The molecular formula is C11H7N3S. The summed E-state index contributed by atoms with van der Waals surface area (Å²) in [5.41, 5.74) is 0. The molecule has 2 aromatic rings. The van der Waals surface area contributed by atoms with Gasteiger partial charge >= 0.3 is 0 Å². The molecule has 4 heteroatoms. The molecule has 0 aromatic carbocycles. The molecular weight excluding hydrogens is 206 g/mol. The average Bonchev–Trinajstić information content (AvgIpc) is 2.31. The summed E-state index contributed by atoms with van der Waals surface area (Å²) in [4.78, 5) is 12.5. The SMILES string of the molecule is [C-]#[N+]c1cccc(Sc2ccncc2)n1. The van der Waals surface area contributed by atoms with E-state index in [2.05, 4.69) is 14.8 Å². The van der Waals surface area contributed by atoms with Crippen molar-refractivity contribution in [2.24, 2.45) is 0 Å². The van der Waals surface area contributed by atoms with Gasteiger partial charge in [-0.25, -0.2) is 0 Å². The van der Waals surface area contributed by atoms with Crippen LogP contribution in [0.1, 0.15) is 0 Å². The van der Waals surface area contributed by atoms with E-state index in [9.17, 15) is 0 Å². The first kappa shape index (κ1) is 9.69. The standard InChI is InChI=1S/C11H7N3S/c1-12-10-3-2-4-11(14-10)15-9-5-7-13-8-6-9/h2-8H. The van der Waals surface area contributed by atoms with Crippen molar-refractivity contribution in [2.75, 3.05) is 0 Å². The first-order valence-corrected chi connectivity index (χ1v) is 5.12. The molecule has 0 aliphatic rings. The van der Waals surface area contributed by atoms with Crippen LogP contribution >= 0.6 is 11.8 Å². The van der Waals surface area contributed by atoms with E-state index in [0.29, 0.717) is 5.82 Å². The number of nitrogens with zero attached hydrogens (tertiary/aromatic N) is 3. The Labute approximate surface area is 92.0 Å². The molecule has 0 N–H and O–H groups in total. The van der Waals surface area contributed by atoms with Gasteiger partial charge in [0.2, 0.25) is 0 Å². The number of hydrogen-bond donors (Lipinski definition) is 0. The lowest BCUT2D eigenvalue weighted by Gasteiger charge is -1.96. The van der Waals surface area contributed by atoms with E-state index in [0.717, 1.165) is 9.92 Å². The average molecular weight is 213 g/mol. The van der Waals surface area contributed by atoms with Crippen LogP contribution in [-0.4, -0.2) is 9.97 Å². The Morgan fingerprint density at radius 3 is 2.67 bits per heavy atom. The largest absolute Gasteiger partial charge is 0.361 e. The van der Waals surface area contributed by atoms with E-state index in [1.165, 1.54) is 11.8 Å². The summed E-state index contributed by atoms with van der Waals surface area (Å²) in [5, 5.41) is 0.828. The molecule has 3 nitrogen and oxygen atoms in total. The van der Waals surface area contributed by atoms with Crippen LogP contribution in [0.25, 0.3) is 4.85 Å². The van der Waals surface area contributed by atoms with Gasteiger partial charge in [0.05, 0.1) is 0 Å². The van der Waals surface area contributed by atoms with Gasteiger partial charge in [0.15, 0.2) is 5.03 Å². The molecule has 0 bridgehead atoms. The van der Waals surface area contributed by atoms with Gasteiger partial charge in [0, 0.05) is 17.3 Å². The third-order valence-corrected chi connectivity index (χ3v) is 2.64. The van der Waals surface area contributed by atoms with Crippen LogP contribution < -0.4 is 0 Å². The van der Waals surface area contributed by atoms with Gasteiger partial charge in [-0.2, -0.15) is 0 Å². The zero-order valence-corrected chi connectivity index (χ0v) is 8.61. The highest BCUT2D eigenvalue weighted by molar-refractivity contribution is 7.99. The van der Waals surface area contributed by atoms with Gasteiger partial charge in [0.25, 0.3) is 5.82 Å². The van der Waals surface area contributed by atoms with E-state index in [-0.39, 0.29) is 0 Å². The van der Waals surface area contributed by atoms with Crippen LogP contribution in [-0.2, 0) is 0 Å². The highest BCUT2D eigenvalue weighted by Gasteiger charge is 2.02. The lowest BCUT2D eigenvalue weighted by molar-refractivity contribution is 1.15. The number of pyridine rings is 2. The molecule has 2 rings (SSSR count). The lowest BCUT2D eigenvalue weighted by Crippen LogP contribution is -1.79. The Morgan fingerprint density at radius 2 is 1.93 bits per heavy atom. The maximum atomic E-state index is 6.86. The van der Waals surface area contributed by atoms with Crippen molar-refractivity contribution in [2.45, 2.75) is 9.92 Å². The predicted octanol–water partition coefficient (Wildman–Crippen LogP) is 3.18. The van der Waals surface area contributed by atoms with E-state index >= 15 is 0 Å². The molecule has 0 aliphatic heterocycles. The van der Waals surface area contributed by atoms with Crippen molar-refractivity contribution in [1.82, 2.24) is 9.97 Å². The normalized spacial score (nSPS) is 9.53. The Morgan fingerprint density at radius 1 is 1.13 bits per heavy atom. The van der Waals surface area contributed by atoms with Gasteiger partial charge < -0.3 is 4.85 Å². The maximum absolute atomic E-state index is 6.86. The Balaban J connectivity index is 2.22. The second kappa shape index (κ2) is 4.58. The number of aromatic nitrogens is 2. The number of hydrogen-bond acceptors (Lipinski definition) is 3. The van der Waals surface area contributed by atoms with E-state index in [1.54, 1.807) is 18.5 Å². The van der Waals surface area contributed by atoms with E-state index < -0.39 is 0 Å². The third kappa shape index (κ3) is 2.55. The van der Waals surface area contributed by atoms with Gasteiger partial charge in [0.1, 0.15) is 0 Å². The monoisotopic (exact) mass is 213 g/mol. The lowest BCUT2D eigenvalue weighted by atomic mass is 10.5. The zero-order chi connectivity index (χ0) is 10.5. The predicted molar refractivity (Wildman–Crippen MR) is 58.9 cm³/mol. The first-order chi connectivity index (χ1) is 7.38. The molecule has 0 atom stereocenters. The summed E-state index contributed by atoms with van der Waals surface area (Å²) in [6.07, 6.45) is 3.47. The first-order valence-electron chi connectivity index (χ1n) is 4.31. The Kier molecular flexibility index (Phi) is 2.96. The summed E-state index contributed by atoms with van der Waals surface area (Å²) < 4.78 is 0. The molecule has 0 saturated carbocycles. The fourth-order valence-electron chi connectivity index (χ4n) is 1.05. The fraction of sp³-hybridized carbons (Fsp3) is 0. The van der Waals surface area contributed by atoms with Crippen molar-refractivity contribution < 1.29 is 0 Å². The second-order valence-electron chi connectivity index (χ2n) is 2.73. The molecule has 0 saturated heterocycles. The molecule has 0 fully saturated rings. The minimum atomic E-state index is 0.425. The minimum absolute atomic E-state index is 0.425. The van der Waals surface area contributed by atoms with E-state index in [1.807, 2.05) is 24.3 Å². The summed E-state index contributed by atoms with van der Waals surface area (Å²) >= 11 is 1.52. The van der Waals surface area contributed by atoms with Crippen molar-refractivity contribution in [3.05, 3.63) is 54.1 Å². The van der Waals surface area contributed by atoms with Gasteiger partial charge in [-0.15, -0.1) is 4.98 Å².